The van der Waals surface area contributed by atoms with Gasteiger partial charge in [-0.1, -0.05) is 0 Å². The minimum atomic E-state index is -4.38. The molecular formula is C15H20F3NO3. The first-order valence-electron chi connectivity index (χ1n) is 6.97. The van der Waals surface area contributed by atoms with Gasteiger partial charge in [0.15, 0.2) is 6.61 Å². The van der Waals surface area contributed by atoms with Crippen LogP contribution in [0.2, 0.25) is 0 Å². The van der Waals surface area contributed by atoms with Crippen molar-refractivity contribution in [2.24, 2.45) is 0 Å². The van der Waals surface area contributed by atoms with Crippen molar-refractivity contribution in [1.82, 2.24) is 5.32 Å². The van der Waals surface area contributed by atoms with Crippen LogP contribution in [0.5, 0.6) is 5.75 Å². The molecule has 0 heterocycles. The van der Waals surface area contributed by atoms with Crippen LogP contribution in [0.3, 0.4) is 0 Å². The Morgan fingerprint density at radius 1 is 1.23 bits per heavy atom. The van der Waals surface area contributed by atoms with Gasteiger partial charge < -0.3 is 14.8 Å². The number of halogens is 3. The maximum Gasteiger partial charge on any atom is 0.416 e. The fraction of sp³-hybridized carbons (Fsp3) is 0.533. The number of carbonyl (C=O) groups excluding carboxylic acids is 1. The zero-order chi connectivity index (χ0) is 16.6. The second kappa shape index (κ2) is 8.63. The van der Waals surface area contributed by atoms with Gasteiger partial charge in [0.25, 0.3) is 5.91 Å². The molecule has 22 heavy (non-hydrogen) atoms. The highest BCUT2D eigenvalue weighted by molar-refractivity contribution is 5.77. The lowest BCUT2D eigenvalue weighted by Gasteiger charge is -2.10. The largest absolute Gasteiger partial charge is 0.484 e. The molecule has 1 amide bonds. The van der Waals surface area contributed by atoms with Gasteiger partial charge in [0.1, 0.15) is 5.75 Å². The van der Waals surface area contributed by atoms with Crippen LogP contribution in [-0.2, 0) is 15.7 Å². The van der Waals surface area contributed by atoms with Gasteiger partial charge in [-0.2, -0.15) is 13.2 Å². The number of nitrogens with one attached hydrogen (secondary N) is 1. The van der Waals surface area contributed by atoms with E-state index in [1.807, 2.05) is 13.8 Å². The predicted molar refractivity (Wildman–Crippen MR) is 75.7 cm³/mol. The molecular weight excluding hydrogens is 299 g/mol. The standard InChI is InChI=1S/C15H20F3NO3/c1-11(2)21-9-3-8-19-14(20)10-22-13-6-4-12(5-7-13)15(16,17)18/h4-7,11H,3,8-10H2,1-2H3,(H,19,20). The van der Waals surface area contributed by atoms with Gasteiger partial charge in [-0.15, -0.1) is 0 Å². The van der Waals surface area contributed by atoms with Crippen LogP contribution < -0.4 is 10.1 Å². The number of rotatable bonds is 8. The normalized spacial score (nSPS) is 11.5. The molecule has 1 aromatic carbocycles. The molecule has 0 saturated carbocycles. The number of alkyl halides is 3. The van der Waals surface area contributed by atoms with Gasteiger partial charge in [0.2, 0.25) is 0 Å². The summed E-state index contributed by atoms with van der Waals surface area (Å²) >= 11 is 0. The van der Waals surface area contributed by atoms with Crippen LogP contribution in [0.15, 0.2) is 24.3 Å². The summed E-state index contributed by atoms with van der Waals surface area (Å²) in [7, 11) is 0. The van der Waals surface area contributed by atoms with Gasteiger partial charge in [0.05, 0.1) is 11.7 Å². The average Bonchev–Trinajstić information content (AvgIpc) is 2.44. The van der Waals surface area contributed by atoms with Crippen molar-refractivity contribution >= 4 is 5.91 Å². The number of carbonyl (C=O) groups is 1. The van der Waals surface area contributed by atoms with Crippen LogP contribution in [0.1, 0.15) is 25.8 Å². The van der Waals surface area contributed by atoms with E-state index in [-0.39, 0.29) is 24.4 Å². The summed E-state index contributed by atoms with van der Waals surface area (Å²) in [4.78, 5) is 11.5. The summed E-state index contributed by atoms with van der Waals surface area (Å²) in [6, 6.07) is 4.20. The van der Waals surface area contributed by atoms with Gasteiger partial charge in [-0.3, -0.25) is 4.79 Å². The van der Waals surface area contributed by atoms with Crippen molar-refractivity contribution < 1.29 is 27.4 Å². The molecule has 0 aliphatic carbocycles. The summed E-state index contributed by atoms with van der Waals surface area (Å²) in [6.07, 6.45) is -3.54. The third kappa shape index (κ3) is 7.31. The number of amides is 1. The Hall–Kier alpha value is -1.76. The zero-order valence-electron chi connectivity index (χ0n) is 12.6. The summed E-state index contributed by atoms with van der Waals surface area (Å²) < 4.78 is 47.5. The molecule has 0 aliphatic heterocycles. The monoisotopic (exact) mass is 319 g/mol. The van der Waals surface area contributed by atoms with Crippen LogP contribution in [0, 0.1) is 0 Å². The molecule has 1 N–H and O–H groups in total. The first kappa shape index (κ1) is 18.3. The number of hydrogen-bond acceptors (Lipinski definition) is 3. The SMILES string of the molecule is CC(C)OCCCNC(=O)COc1ccc(C(F)(F)F)cc1. The highest BCUT2D eigenvalue weighted by atomic mass is 19.4. The Kier molecular flexibility index (Phi) is 7.17. The quantitative estimate of drug-likeness (QED) is 0.749. The molecule has 0 spiro atoms. The molecule has 0 aliphatic rings. The van der Waals surface area contributed by atoms with Crippen molar-refractivity contribution in [3.8, 4) is 5.75 Å². The van der Waals surface area contributed by atoms with Crippen LogP contribution >= 0.6 is 0 Å². The van der Waals surface area contributed by atoms with Crippen LogP contribution in [-0.4, -0.2) is 31.8 Å². The van der Waals surface area contributed by atoms with E-state index in [1.54, 1.807) is 0 Å². The van der Waals surface area contributed by atoms with Gasteiger partial charge in [-0.05, 0) is 44.5 Å². The van der Waals surface area contributed by atoms with E-state index >= 15 is 0 Å². The molecule has 0 atom stereocenters. The second-order valence-corrected chi connectivity index (χ2v) is 4.93. The maximum atomic E-state index is 12.4. The Morgan fingerprint density at radius 2 is 1.86 bits per heavy atom. The Bertz CT molecular complexity index is 458. The highest BCUT2D eigenvalue weighted by Crippen LogP contribution is 2.30. The smallest absolute Gasteiger partial charge is 0.416 e. The fourth-order valence-electron chi connectivity index (χ4n) is 1.56. The molecule has 7 heteroatoms. The van der Waals surface area contributed by atoms with Crippen molar-refractivity contribution in [2.75, 3.05) is 19.8 Å². The molecule has 0 radical (unpaired) electrons. The Morgan fingerprint density at radius 3 is 2.41 bits per heavy atom. The van der Waals surface area contributed by atoms with E-state index < -0.39 is 11.7 Å². The molecule has 0 saturated heterocycles. The van der Waals surface area contributed by atoms with Crippen LogP contribution in [0.25, 0.3) is 0 Å². The third-order valence-corrected chi connectivity index (χ3v) is 2.65. The summed E-state index contributed by atoms with van der Waals surface area (Å²) in [5.41, 5.74) is -0.755. The van der Waals surface area contributed by atoms with Crippen molar-refractivity contribution in [2.45, 2.75) is 32.5 Å². The van der Waals surface area contributed by atoms with Crippen LogP contribution in [0.4, 0.5) is 13.2 Å². The summed E-state index contributed by atoms with van der Waals surface area (Å²) in [6.45, 7) is 4.63. The fourth-order valence-corrected chi connectivity index (χ4v) is 1.56. The third-order valence-electron chi connectivity index (χ3n) is 2.65. The summed E-state index contributed by atoms with van der Waals surface area (Å²) in [5.74, 6) is -0.115. The van der Waals surface area contributed by atoms with E-state index in [9.17, 15) is 18.0 Å². The van der Waals surface area contributed by atoms with E-state index in [2.05, 4.69) is 5.32 Å². The molecule has 0 fully saturated rings. The number of hydrogen-bond donors (Lipinski definition) is 1. The maximum absolute atomic E-state index is 12.4. The average molecular weight is 319 g/mol. The first-order chi connectivity index (χ1) is 10.3. The predicted octanol–water partition coefficient (Wildman–Crippen LogP) is 3.02. The summed E-state index contributed by atoms with van der Waals surface area (Å²) in [5, 5.41) is 2.64. The lowest BCUT2D eigenvalue weighted by atomic mass is 10.2. The minimum Gasteiger partial charge on any atom is -0.484 e. The van der Waals surface area contributed by atoms with E-state index in [0.717, 1.165) is 12.1 Å². The molecule has 124 valence electrons. The van der Waals surface area contributed by atoms with E-state index in [0.29, 0.717) is 19.6 Å². The minimum absolute atomic E-state index is 0.152. The molecule has 1 rings (SSSR count). The van der Waals surface area contributed by atoms with Crippen molar-refractivity contribution in [3.63, 3.8) is 0 Å². The topological polar surface area (TPSA) is 47.6 Å². The zero-order valence-corrected chi connectivity index (χ0v) is 12.6. The van der Waals surface area contributed by atoms with Gasteiger partial charge >= 0.3 is 6.18 Å². The van der Waals surface area contributed by atoms with Crippen molar-refractivity contribution in [3.05, 3.63) is 29.8 Å². The molecule has 0 unspecified atom stereocenters. The first-order valence-corrected chi connectivity index (χ1v) is 6.97. The Labute approximate surface area is 127 Å². The molecule has 1 aromatic rings. The number of ether oxygens (including phenoxy) is 2. The molecule has 0 bridgehead atoms. The second-order valence-electron chi connectivity index (χ2n) is 4.93. The molecule has 0 aromatic heterocycles. The van der Waals surface area contributed by atoms with Gasteiger partial charge in [0, 0.05) is 13.2 Å². The van der Waals surface area contributed by atoms with E-state index in [1.165, 1.54) is 12.1 Å². The Balaban J connectivity index is 2.24. The number of benzene rings is 1. The lowest BCUT2D eigenvalue weighted by Crippen LogP contribution is -2.30. The van der Waals surface area contributed by atoms with E-state index in [4.69, 9.17) is 9.47 Å². The van der Waals surface area contributed by atoms with Crippen molar-refractivity contribution in [1.29, 1.82) is 0 Å². The molecule has 4 nitrogen and oxygen atoms in total. The lowest BCUT2D eigenvalue weighted by molar-refractivity contribution is -0.137. The highest BCUT2D eigenvalue weighted by Gasteiger charge is 2.30. The van der Waals surface area contributed by atoms with Gasteiger partial charge in [-0.25, -0.2) is 0 Å².